The summed E-state index contributed by atoms with van der Waals surface area (Å²) in [4.78, 5) is 7.70. The van der Waals surface area contributed by atoms with Gasteiger partial charge >= 0.3 is 0 Å². The van der Waals surface area contributed by atoms with Crippen LogP contribution in [0.1, 0.15) is 5.82 Å². The van der Waals surface area contributed by atoms with Crippen LogP contribution in [0.5, 0.6) is 23.0 Å². The lowest BCUT2D eigenvalue weighted by molar-refractivity contribution is 0.285. The molecule has 1 N–H and O–H groups in total. The van der Waals surface area contributed by atoms with Crippen molar-refractivity contribution in [2.24, 2.45) is 0 Å². The Labute approximate surface area is 134 Å². The molecule has 2 aromatic carbocycles. The second-order valence-corrected chi connectivity index (χ2v) is 4.85. The number of aromatic nitrogens is 2. The number of methoxy groups -OCH3 is 3. The number of fused-ring (bicyclic) bond motifs is 1. The molecular weight excluding hydrogens is 296 g/mol. The van der Waals surface area contributed by atoms with E-state index in [2.05, 4.69) is 9.97 Å². The normalized spacial score (nSPS) is 10.6. The zero-order valence-electron chi connectivity index (χ0n) is 13.3. The lowest BCUT2D eigenvalue weighted by atomic mass is 10.2. The Hall–Kier alpha value is -2.89. The number of hydrogen-bond donors (Lipinski definition) is 1. The van der Waals surface area contributed by atoms with Gasteiger partial charge in [0.25, 0.3) is 0 Å². The molecule has 1 heterocycles. The second-order valence-electron chi connectivity index (χ2n) is 4.85. The minimum Gasteiger partial charge on any atom is -0.493 e. The highest BCUT2D eigenvalue weighted by Gasteiger charge is 2.14. The van der Waals surface area contributed by atoms with E-state index in [1.807, 2.05) is 24.3 Å². The van der Waals surface area contributed by atoms with Gasteiger partial charge in [0.2, 0.25) is 5.75 Å². The molecule has 0 bridgehead atoms. The predicted octanol–water partition coefficient (Wildman–Crippen LogP) is 3.17. The van der Waals surface area contributed by atoms with Gasteiger partial charge in [-0.15, -0.1) is 0 Å². The number of benzene rings is 2. The number of aromatic amines is 1. The van der Waals surface area contributed by atoms with Crippen LogP contribution in [0.25, 0.3) is 11.0 Å². The van der Waals surface area contributed by atoms with Crippen LogP contribution in [0.15, 0.2) is 36.4 Å². The Kier molecular flexibility index (Phi) is 4.23. The maximum Gasteiger partial charge on any atom is 0.203 e. The summed E-state index contributed by atoms with van der Waals surface area (Å²) in [5.74, 6) is 2.99. The van der Waals surface area contributed by atoms with Gasteiger partial charge in [0.1, 0.15) is 18.2 Å². The highest BCUT2D eigenvalue weighted by Crippen LogP contribution is 2.40. The number of rotatable bonds is 6. The Morgan fingerprint density at radius 2 is 1.65 bits per heavy atom. The van der Waals surface area contributed by atoms with Crippen molar-refractivity contribution in [3.8, 4) is 23.0 Å². The van der Waals surface area contributed by atoms with Gasteiger partial charge < -0.3 is 23.9 Å². The van der Waals surface area contributed by atoms with Crippen LogP contribution in [-0.4, -0.2) is 31.3 Å². The van der Waals surface area contributed by atoms with Crippen LogP contribution in [0.4, 0.5) is 0 Å². The fraction of sp³-hybridized carbons (Fsp3) is 0.235. The maximum atomic E-state index is 5.80. The molecule has 3 rings (SSSR count). The molecule has 0 saturated heterocycles. The van der Waals surface area contributed by atoms with Crippen LogP contribution in [0.2, 0.25) is 0 Å². The third-order valence-electron chi connectivity index (χ3n) is 3.45. The smallest absolute Gasteiger partial charge is 0.203 e. The van der Waals surface area contributed by atoms with E-state index in [0.717, 1.165) is 16.9 Å². The van der Waals surface area contributed by atoms with E-state index in [-0.39, 0.29) is 0 Å². The molecule has 6 heteroatoms. The van der Waals surface area contributed by atoms with Gasteiger partial charge in [0.05, 0.1) is 32.4 Å². The van der Waals surface area contributed by atoms with Crippen molar-refractivity contribution in [3.05, 3.63) is 42.2 Å². The molecule has 0 fully saturated rings. The Morgan fingerprint density at radius 1 is 0.957 bits per heavy atom. The Bertz CT molecular complexity index is 755. The van der Waals surface area contributed by atoms with E-state index >= 15 is 0 Å². The summed E-state index contributed by atoms with van der Waals surface area (Å²) in [6.45, 7) is 0.313. The van der Waals surface area contributed by atoms with Crippen molar-refractivity contribution in [2.75, 3.05) is 21.3 Å². The van der Waals surface area contributed by atoms with Crippen molar-refractivity contribution in [1.29, 1.82) is 0 Å². The summed E-state index contributed by atoms with van der Waals surface area (Å²) in [6.07, 6.45) is 0. The molecule has 0 aliphatic rings. The lowest BCUT2D eigenvalue weighted by Crippen LogP contribution is -2.00. The first kappa shape index (κ1) is 15.0. The Balaban J connectivity index is 1.82. The number of imidazole rings is 1. The van der Waals surface area contributed by atoms with E-state index in [4.69, 9.17) is 18.9 Å². The monoisotopic (exact) mass is 314 g/mol. The third kappa shape index (κ3) is 3.01. The zero-order chi connectivity index (χ0) is 16.2. The molecule has 0 radical (unpaired) electrons. The van der Waals surface area contributed by atoms with Gasteiger partial charge in [0.15, 0.2) is 11.5 Å². The number of nitrogens with zero attached hydrogens (tertiary/aromatic N) is 1. The number of H-pyrrole nitrogens is 1. The first-order valence-corrected chi connectivity index (χ1v) is 7.11. The third-order valence-corrected chi connectivity index (χ3v) is 3.45. The molecule has 0 saturated carbocycles. The topological polar surface area (TPSA) is 65.6 Å². The first-order chi connectivity index (χ1) is 11.2. The molecule has 0 spiro atoms. The average molecular weight is 314 g/mol. The van der Waals surface area contributed by atoms with Crippen LogP contribution in [0, 0.1) is 0 Å². The SMILES string of the molecule is COc1cc(OCc2nc3ccccc3[nH]2)cc(OC)c1OC. The van der Waals surface area contributed by atoms with Crippen molar-refractivity contribution in [2.45, 2.75) is 6.61 Å². The summed E-state index contributed by atoms with van der Waals surface area (Å²) >= 11 is 0. The van der Waals surface area contributed by atoms with E-state index in [9.17, 15) is 0 Å². The quantitative estimate of drug-likeness (QED) is 0.757. The van der Waals surface area contributed by atoms with Crippen LogP contribution >= 0.6 is 0 Å². The van der Waals surface area contributed by atoms with Gasteiger partial charge in [0, 0.05) is 12.1 Å². The van der Waals surface area contributed by atoms with Crippen molar-refractivity contribution in [1.82, 2.24) is 9.97 Å². The van der Waals surface area contributed by atoms with E-state index in [1.165, 1.54) is 0 Å². The molecule has 120 valence electrons. The minimum absolute atomic E-state index is 0.313. The van der Waals surface area contributed by atoms with Crippen LogP contribution in [0.3, 0.4) is 0 Å². The maximum absolute atomic E-state index is 5.80. The number of nitrogens with one attached hydrogen (secondary N) is 1. The largest absolute Gasteiger partial charge is 0.493 e. The van der Waals surface area contributed by atoms with Crippen LogP contribution < -0.4 is 18.9 Å². The van der Waals surface area contributed by atoms with E-state index in [0.29, 0.717) is 29.6 Å². The van der Waals surface area contributed by atoms with Gasteiger partial charge in [-0.3, -0.25) is 0 Å². The second kappa shape index (κ2) is 6.48. The zero-order valence-corrected chi connectivity index (χ0v) is 13.3. The van der Waals surface area contributed by atoms with Gasteiger partial charge in [-0.2, -0.15) is 0 Å². The number of hydrogen-bond acceptors (Lipinski definition) is 5. The average Bonchev–Trinajstić information content (AvgIpc) is 3.01. The fourth-order valence-electron chi connectivity index (χ4n) is 2.37. The Morgan fingerprint density at radius 3 is 2.26 bits per heavy atom. The fourth-order valence-corrected chi connectivity index (χ4v) is 2.37. The minimum atomic E-state index is 0.313. The molecule has 0 unspecified atom stereocenters. The van der Waals surface area contributed by atoms with Gasteiger partial charge in [-0.1, -0.05) is 12.1 Å². The first-order valence-electron chi connectivity index (χ1n) is 7.11. The van der Waals surface area contributed by atoms with Gasteiger partial charge in [-0.05, 0) is 12.1 Å². The number of ether oxygens (including phenoxy) is 4. The van der Waals surface area contributed by atoms with Crippen molar-refractivity contribution in [3.63, 3.8) is 0 Å². The van der Waals surface area contributed by atoms with E-state index < -0.39 is 0 Å². The summed E-state index contributed by atoms with van der Waals surface area (Å²) in [7, 11) is 4.70. The molecule has 6 nitrogen and oxygen atoms in total. The highest BCUT2D eigenvalue weighted by molar-refractivity contribution is 5.74. The molecule has 0 aliphatic heterocycles. The van der Waals surface area contributed by atoms with Crippen molar-refractivity contribution >= 4 is 11.0 Å². The van der Waals surface area contributed by atoms with E-state index in [1.54, 1.807) is 33.5 Å². The molecule has 1 aromatic heterocycles. The summed E-state index contributed by atoms with van der Waals surface area (Å²) in [5, 5.41) is 0. The lowest BCUT2D eigenvalue weighted by Gasteiger charge is -2.14. The van der Waals surface area contributed by atoms with Crippen molar-refractivity contribution < 1.29 is 18.9 Å². The molecule has 0 aliphatic carbocycles. The molecule has 0 atom stereocenters. The highest BCUT2D eigenvalue weighted by atomic mass is 16.5. The standard InChI is InChI=1S/C17H18N2O4/c1-20-14-8-11(9-15(21-2)17(14)22-3)23-10-16-18-12-6-4-5-7-13(12)19-16/h4-9H,10H2,1-3H3,(H,18,19). The molecule has 23 heavy (non-hydrogen) atoms. The number of para-hydroxylation sites is 2. The summed E-state index contributed by atoms with van der Waals surface area (Å²) in [5.41, 5.74) is 1.90. The van der Waals surface area contributed by atoms with Gasteiger partial charge in [-0.25, -0.2) is 4.98 Å². The van der Waals surface area contributed by atoms with Crippen LogP contribution in [-0.2, 0) is 6.61 Å². The molecule has 3 aromatic rings. The predicted molar refractivity (Wildman–Crippen MR) is 86.5 cm³/mol. The molecule has 0 amide bonds. The summed E-state index contributed by atoms with van der Waals surface area (Å²) < 4.78 is 21.7. The summed E-state index contributed by atoms with van der Waals surface area (Å²) in [6, 6.07) is 11.4. The molecular formula is C17H18N2O4.